The Morgan fingerprint density at radius 3 is 2.94 bits per heavy atom. The van der Waals surface area contributed by atoms with Crippen molar-refractivity contribution in [2.45, 2.75) is 25.8 Å². The van der Waals surface area contributed by atoms with Gasteiger partial charge in [-0.2, -0.15) is 5.10 Å². The third-order valence-corrected chi connectivity index (χ3v) is 3.64. The van der Waals surface area contributed by atoms with Gasteiger partial charge in [0.25, 0.3) is 0 Å². The van der Waals surface area contributed by atoms with Gasteiger partial charge in [0.2, 0.25) is 0 Å². The lowest BCUT2D eigenvalue weighted by Gasteiger charge is -2.13. The Bertz CT molecular complexity index is 569. The number of rotatable bonds is 2. The number of hydrogen-bond donors (Lipinski definition) is 2. The van der Waals surface area contributed by atoms with Gasteiger partial charge in [0.1, 0.15) is 11.6 Å². The lowest BCUT2D eigenvalue weighted by molar-refractivity contribution is 0.474. The van der Waals surface area contributed by atoms with Gasteiger partial charge < -0.3 is 10.4 Å². The molecule has 4 nitrogen and oxygen atoms in total. The predicted octanol–water partition coefficient (Wildman–Crippen LogP) is 2.53. The molecule has 18 heavy (non-hydrogen) atoms. The van der Waals surface area contributed by atoms with Crippen LogP contribution < -0.4 is 5.32 Å². The third-order valence-electron chi connectivity index (χ3n) is 3.64. The van der Waals surface area contributed by atoms with Crippen molar-refractivity contribution in [3.05, 3.63) is 41.1 Å². The van der Waals surface area contributed by atoms with Crippen molar-refractivity contribution in [2.24, 2.45) is 7.05 Å². The van der Waals surface area contributed by atoms with Gasteiger partial charge in [-0.1, -0.05) is 6.07 Å². The first-order chi connectivity index (χ1) is 8.63. The number of nitrogens with zero attached hydrogens (tertiary/aromatic N) is 2. The molecule has 0 saturated carbocycles. The Morgan fingerprint density at radius 2 is 2.22 bits per heavy atom. The topological polar surface area (TPSA) is 50.1 Å². The number of aromatic hydroxyl groups is 1. The normalized spacial score (nSPS) is 17.8. The molecule has 0 fully saturated rings. The highest BCUT2D eigenvalue weighted by Gasteiger charge is 2.23. The summed E-state index contributed by atoms with van der Waals surface area (Å²) < 4.78 is 1.87. The molecule has 0 aliphatic heterocycles. The Balaban J connectivity index is 1.84. The standard InChI is InChI=1S/C14H17N3O/c1-9-7-14(16-17(9)2)15-13-6-3-10-8-11(18)4-5-12(10)13/h4-5,7-8,13,18H,3,6H2,1-2H3,(H,15,16). The van der Waals surface area contributed by atoms with E-state index in [1.807, 2.05) is 30.8 Å². The highest BCUT2D eigenvalue weighted by molar-refractivity contribution is 5.46. The minimum Gasteiger partial charge on any atom is -0.508 e. The molecule has 0 spiro atoms. The van der Waals surface area contributed by atoms with E-state index >= 15 is 0 Å². The SMILES string of the molecule is Cc1cc(NC2CCc3cc(O)ccc32)nn1C. The zero-order chi connectivity index (χ0) is 12.7. The summed E-state index contributed by atoms with van der Waals surface area (Å²) in [5.74, 6) is 1.27. The fourth-order valence-electron chi connectivity index (χ4n) is 2.56. The van der Waals surface area contributed by atoms with Crippen molar-refractivity contribution >= 4 is 5.82 Å². The third kappa shape index (κ3) is 1.83. The first-order valence-corrected chi connectivity index (χ1v) is 6.22. The average molecular weight is 243 g/mol. The van der Waals surface area contributed by atoms with Crippen LogP contribution in [0.4, 0.5) is 5.82 Å². The smallest absolute Gasteiger partial charge is 0.148 e. The van der Waals surface area contributed by atoms with Crippen LogP contribution in [0.5, 0.6) is 5.75 Å². The summed E-state index contributed by atoms with van der Waals surface area (Å²) in [6, 6.07) is 7.97. The van der Waals surface area contributed by atoms with E-state index < -0.39 is 0 Å². The summed E-state index contributed by atoms with van der Waals surface area (Å²) in [4.78, 5) is 0. The van der Waals surface area contributed by atoms with Crippen LogP contribution in [0.2, 0.25) is 0 Å². The number of hydrogen-bond acceptors (Lipinski definition) is 3. The maximum Gasteiger partial charge on any atom is 0.148 e. The predicted molar refractivity (Wildman–Crippen MR) is 70.7 cm³/mol. The second-order valence-electron chi connectivity index (χ2n) is 4.91. The molecule has 0 saturated heterocycles. The Labute approximate surface area is 106 Å². The number of phenolic OH excluding ortho intramolecular Hbond substituents is 1. The highest BCUT2D eigenvalue weighted by Crippen LogP contribution is 2.35. The highest BCUT2D eigenvalue weighted by atomic mass is 16.3. The van der Waals surface area contributed by atoms with Crippen molar-refractivity contribution in [1.29, 1.82) is 0 Å². The molecule has 0 radical (unpaired) electrons. The maximum absolute atomic E-state index is 9.48. The number of nitrogens with one attached hydrogen (secondary N) is 1. The lowest BCUT2D eigenvalue weighted by Crippen LogP contribution is -2.07. The van der Waals surface area contributed by atoms with Crippen LogP contribution in [0.25, 0.3) is 0 Å². The van der Waals surface area contributed by atoms with Gasteiger partial charge in [-0.25, -0.2) is 0 Å². The molecule has 0 amide bonds. The molecule has 1 aromatic carbocycles. The Hall–Kier alpha value is -1.97. The number of benzene rings is 1. The zero-order valence-corrected chi connectivity index (χ0v) is 10.6. The molecule has 3 rings (SSSR count). The number of phenols is 1. The van der Waals surface area contributed by atoms with Gasteiger partial charge >= 0.3 is 0 Å². The largest absolute Gasteiger partial charge is 0.508 e. The van der Waals surface area contributed by atoms with Gasteiger partial charge in [-0.3, -0.25) is 4.68 Å². The van der Waals surface area contributed by atoms with Crippen molar-refractivity contribution in [1.82, 2.24) is 9.78 Å². The molecule has 94 valence electrons. The van der Waals surface area contributed by atoms with Crippen molar-refractivity contribution < 1.29 is 5.11 Å². The van der Waals surface area contributed by atoms with Crippen LogP contribution in [-0.2, 0) is 13.5 Å². The fourth-order valence-corrected chi connectivity index (χ4v) is 2.56. The molecular weight excluding hydrogens is 226 g/mol. The van der Waals surface area contributed by atoms with E-state index in [0.717, 1.165) is 24.4 Å². The van der Waals surface area contributed by atoms with Crippen LogP contribution in [0, 0.1) is 6.92 Å². The number of aromatic nitrogens is 2. The second kappa shape index (κ2) is 4.05. The zero-order valence-electron chi connectivity index (χ0n) is 10.6. The van der Waals surface area contributed by atoms with Crippen LogP contribution in [0.1, 0.15) is 29.3 Å². The van der Waals surface area contributed by atoms with E-state index in [2.05, 4.69) is 16.5 Å². The molecule has 1 aromatic heterocycles. The molecule has 4 heteroatoms. The minimum absolute atomic E-state index is 0.301. The first-order valence-electron chi connectivity index (χ1n) is 6.22. The average Bonchev–Trinajstić information content (AvgIpc) is 2.84. The van der Waals surface area contributed by atoms with Gasteiger partial charge in [0, 0.05) is 18.8 Å². The van der Waals surface area contributed by atoms with E-state index in [1.54, 1.807) is 6.07 Å². The minimum atomic E-state index is 0.301. The van der Waals surface area contributed by atoms with E-state index in [9.17, 15) is 5.11 Å². The van der Waals surface area contributed by atoms with E-state index in [1.165, 1.54) is 11.1 Å². The van der Waals surface area contributed by atoms with E-state index in [0.29, 0.717) is 11.8 Å². The van der Waals surface area contributed by atoms with Crippen LogP contribution in [0.3, 0.4) is 0 Å². The summed E-state index contributed by atoms with van der Waals surface area (Å²) in [6.45, 7) is 2.04. The molecule has 2 N–H and O–H groups in total. The first kappa shape index (κ1) is 11.1. The van der Waals surface area contributed by atoms with Crippen molar-refractivity contribution in [2.75, 3.05) is 5.32 Å². The maximum atomic E-state index is 9.48. The molecule has 2 aromatic rings. The van der Waals surface area contributed by atoms with E-state index in [-0.39, 0.29) is 0 Å². The summed E-state index contributed by atoms with van der Waals surface area (Å²) in [5.41, 5.74) is 3.65. The quantitative estimate of drug-likeness (QED) is 0.852. The monoisotopic (exact) mass is 243 g/mol. The number of aryl methyl sites for hydroxylation is 3. The van der Waals surface area contributed by atoms with Crippen LogP contribution in [0.15, 0.2) is 24.3 Å². The molecule has 1 aliphatic rings. The summed E-state index contributed by atoms with van der Waals surface area (Å²) in [7, 11) is 1.95. The molecule has 1 aliphatic carbocycles. The Morgan fingerprint density at radius 1 is 1.39 bits per heavy atom. The molecule has 1 heterocycles. The Kier molecular flexibility index (Phi) is 2.51. The van der Waals surface area contributed by atoms with Gasteiger partial charge in [-0.15, -0.1) is 0 Å². The van der Waals surface area contributed by atoms with Gasteiger partial charge in [0.05, 0.1) is 6.04 Å². The second-order valence-corrected chi connectivity index (χ2v) is 4.91. The van der Waals surface area contributed by atoms with Gasteiger partial charge in [0.15, 0.2) is 0 Å². The fraction of sp³-hybridized carbons (Fsp3) is 0.357. The summed E-state index contributed by atoms with van der Waals surface area (Å²) in [6.07, 6.45) is 2.06. The molecular formula is C14H17N3O. The lowest BCUT2D eigenvalue weighted by atomic mass is 10.1. The summed E-state index contributed by atoms with van der Waals surface area (Å²) in [5, 5.41) is 17.4. The molecule has 1 unspecified atom stereocenters. The number of fused-ring (bicyclic) bond motifs is 1. The van der Waals surface area contributed by atoms with Crippen molar-refractivity contribution in [3.8, 4) is 5.75 Å². The molecule has 0 bridgehead atoms. The molecule has 1 atom stereocenters. The van der Waals surface area contributed by atoms with Crippen LogP contribution >= 0.6 is 0 Å². The van der Waals surface area contributed by atoms with Gasteiger partial charge in [-0.05, 0) is 43.0 Å². The van der Waals surface area contributed by atoms with Crippen LogP contribution in [-0.4, -0.2) is 14.9 Å². The number of anilines is 1. The summed E-state index contributed by atoms with van der Waals surface area (Å²) >= 11 is 0. The van der Waals surface area contributed by atoms with E-state index in [4.69, 9.17) is 0 Å². The van der Waals surface area contributed by atoms with Crippen molar-refractivity contribution in [3.63, 3.8) is 0 Å².